The molecular formula is C9H7Br2NO4. The molecule has 0 bridgehead atoms. The van der Waals surface area contributed by atoms with E-state index in [4.69, 9.17) is 4.74 Å². The summed E-state index contributed by atoms with van der Waals surface area (Å²) in [5, 5.41) is 10.7. The number of nitro groups is 1. The number of ether oxygens (including phenoxy) is 1. The molecule has 0 amide bonds. The monoisotopic (exact) mass is 351 g/mol. The van der Waals surface area contributed by atoms with Crippen molar-refractivity contribution in [2.24, 2.45) is 0 Å². The summed E-state index contributed by atoms with van der Waals surface area (Å²) >= 11 is 6.08. The van der Waals surface area contributed by atoms with Gasteiger partial charge in [0.2, 0.25) is 0 Å². The second-order valence-electron chi connectivity index (χ2n) is 2.77. The Morgan fingerprint density at radius 3 is 2.31 bits per heavy atom. The van der Waals surface area contributed by atoms with Crippen molar-refractivity contribution in [1.29, 1.82) is 0 Å². The number of carbonyl (C=O) groups is 1. The SMILES string of the molecule is CCOC(=O)c1cc(Br)c([N+](=O)[O-])c(Br)c1. The summed E-state index contributed by atoms with van der Waals surface area (Å²) in [4.78, 5) is 21.5. The van der Waals surface area contributed by atoms with Crippen LogP contribution in [0.1, 0.15) is 17.3 Å². The van der Waals surface area contributed by atoms with Crippen molar-refractivity contribution in [3.8, 4) is 0 Å². The van der Waals surface area contributed by atoms with Gasteiger partial charge in [0, 0.05) is 0 Å². The third-order valence-corrected chi connectivity index (χ3v) is 2.92. The number of rotatable bonds is 3. The van der Waals surface area contributed by atoms with Gasteiger partial charge in [0.15, 0.2) is 0 Å². The second kappa shape index (κ2) is 5.40. The predicted molar refractivity (Wildman–Crippen MR) is 64.5 cm³/mol. The molecule has 0 fully saturated rings. The molecule has 1 rings (SSSR count). The maximum Gasteiger partial charge on any atom is 0.338 e. The van der Waals surface area contributed by atoms with Gasteiger partial charge in [-0.05, 0) is 50.9 Å². The molecule has 0 N–H and O–H groups in total. The highest BCUT2D eigenvalue weighted by Crippen LogP contribution is 2.34. The third-order valence-electron chi connectivity index (χ3n) is 1.71. The summed E-state index contributed by atoms with van der Waals surface area (Å²) in [6.07, 6.45) is 0. The molecule has 0 radical (unpaired) electrons. The number of benzene rings is 1. The van der Waals surface area contributed by atoms with Crippen LogP contribution in [0.5, 0.6) is 0 Å². The van der Waals surface area contributed by atoms with Crippen LogP contribution >= 0.6 is 31.9 Å². The minimum absolute atomic E-state index is 0.118. The topological polar surface area (TPSA) is 69.4 Å². The largest absolute Gasteiger partial charge is 0.462 e. The van der Waals surface area contributed by atoms with Crippen molar-refractivity contribution < 1.29 is 14.5 Å². The Morgan fingerprint density at radius 1 is 1.44 bits per heavy atom. The van der Waals surface area contributed by atoms with Crippen LogP contribution in [0, 0.1) is 10.1 Å². The van der Waals surface area contributed by atoms with Gasteiger partial charge in [-0.3, -0.25) is 10.1 Å². The molecule has 0 unspecified atom stereocenters. The van der Waals surface area contributed by atoms with Crippen LogP contribution in [0.25, 0.3) is 0 Å². The van der Waals surface area contributed by atoms with Gasteiger partial charge in [0.25, 0.3) is 5.69 Å². The van der Waals surface area contributed by atoms with Crippen molar-refractivity contribution in [2.45, 2.75) is 6.92 Å². The summed E-state index contributed by atoms with van der Waals surface area (Å²) in [5.74, 6) is -0.515. The molecule has 86 valence electrons. The molecule has 0 saturated carbocycles. The van der Waals surface area contributed by atoms with Crippen molar-refractivity contribution >= 4 is 43.5 Å². The van der Waals surface area contributed by atoms with Gasteiger partial charge in [0.05, 0.1) is 26.0 Å². The Labute approximate surface area is 108 Å². The first-order chi connectivity index (χ1) is 7.47. The fourth-order valence-electron chi connectivity index (χ4n) is 1.07. The molecule has 0 aromatic heterocycles. The summed E-state index contributed by atoms with van der Waals surface area (Å²) in [7, 11) is 0. The highest BCUT2D eigenvalue weighted by Gasteiger charge is 2.20. The minimum Gasteiger partial charge on any atom is -0.462 e. The number of esters is 1. The predicted octanol–water partition coefficient (Wildman–Crippen LogP) is 3.30. The molecule has 0 aliphatic carbocycles. The van der Waals surface area contributed by atoms with Crippen molar-refractivity contribution in [2.75, 3.05) is 6.61 Å². The van der Waals surface area contributed by atoms with E-state index in [1.54, 1.807) is 6.92 Å². The molecule has 1 aromatic rings. The molecule has 0 saturated heterocycles. The Bertz CT molecular complexity index is 424. The van der Waals surface area contributed by atoms with Gasteiger partial charge in [-0.1, -0.05) is 0 Å². The highest BCUT2D eigenvalue weighted by molar-refractivity contribution is 9.11. The van der Waals surface area contributed by atoms with Crippen molar-refractivity contribution in [1.82, 2.24) is 0 Å². The second-order valence-corrected chi connectivity index (χ2v) is 4.47. The molecule has 0 atom stereocenters. The highest BCUT2D eigenvalue weighted by atomic mass is 79.9. The maximum atomic E-state index is 11.4. The van der Waals surface area contributed by atoms with Crippen molar-refractivity contribution in [3.63, 3.8) is 0 Å². The minimum atomic E-state index is -0.539. The van der Waals surface area contributed by atoms with Crippen LogP contribution in [-0.2, 0) is 4.74 Å². The number of hydrogen-bond acceptors (Lipinski definition) is 4. The Hall–Kier alpha value is -0.950. The van der Waals surface area contributed by atoms with Crippen LogP contribution in [0.15, 0.2) is 21.1 Å². The number of hydrogen-bond donors (Lipinski definition) is 0. The van der Waals surface area contributed by atoms with Crippen LogP contribution in [0.2, 0.25) is 0 Å². The van der Waals surface area contributed by atoms with E-state index in [1.165, 1.54) is 12.1 Å². The smallest absolute Gasteiger partial charge is 0.338 e. The number of halogens is 2. The summed E-state index contributed by atoms with van der Waals surface area (Å²) in [6.45, 7) is 1.94. The number of nitrogens with zero attached hydrogens (tertiary/aromatic N) is 1. The zero-order valence-electron chi connectivity index (χ0n) is 8.20. The van der Waals surface area contributed by atoms with E-state index < -0.39 is 10.9 Å². The van der Waals surface area contributed by atoms with Crippen LogP contribution in [0.3, 0.4) is 0 Å². The standard InChI is InChI=1S/C9H7Br2NO4/c1-2-16-9(13)5-3-6(10)8(12(14)15)7(11)4-5/h3-4H,2H2,1H3. The fraction of sp³-hybridized carbons (Fsp3) is 0.222. The first-order valence-corrected chi connectivity index (χ1v) is 5.86. The van der Waals surface area contributed by atoms with Gasteiger partial charge in [-0.2, -0.15) is 0 Å². The van der Waals surface area contributed by atoms with E-state index in [0.717, 1.165) is 0 Å². The molecule has 7 heteroatoms. The summed E-state index contributed by atoms with van der Waals surface area (Å²) in [5.41, 5.74) is 0.138. The van der Waals surface area contributed by atoms with E-state index in [-0.39, 0.29) is 26.8 Å². The lowest BCUT2D eigenvalue weighted by Gasteiger charge is -2.04. The van der Waals surface area contributed by atoms with Gasteiger partial charge in [-0.25, -0.2) is 4.79 Å². The van der Waals surface area contributed by atoms with E-state index in [0.29, 0.717) is 0 Å². The van der Waals surface area contributed by atoms with E-state index in [2.05, 4.69) is 31.9 Å². The molecule has 0 aliphatic heterocycles. The summed E-state index contributed by atoms with van der Waals surface area (Å²) < 4.78 is 5.25. The zero-order valence-corrected chi connectivity index (χ0v) is 11.4. The lowest BCUT2D eigenvalue weighted by atomic mass is 10.2. The molecule has 16 heavy (non-hydrogen) atoms. The fourth-order valence-corrected chi connectivity index (χ4v) is 2.55. The lowest BCUT2D eigenvalue weighted by Crippen LogP contribution is -2.05. The van der Waals surface area contributed by atoms with Crippen LogP contribution < -0.4 is 0 Å². The molecular weight excluding hydrogens is 346 g/mol. The molecule has 0 spiro atoms. The Morgan fingerprint density at radius 2 is 1.94 bits per heavy atom. The Kier molecular flexibility index (Phi) is 4.43. The van der Waals surface area contributed by atoms with Crippen LogP contribution in [-0.4, -0.2) is 17.5 Å². The average Bonchev–Trinajstić information content (AvgIpc) is 2.16. The van der Waals surface area contributed by atoms with E-state index in [9.17, 15) is 14.9 Å². The lowest BCUT2D eigenvalue weighted by molar-refractivity contribution is -0.386. The van der Waals surface area contributed by atoms with Gasteiger partial charge in [0.1, 0.15) is 0 Å². The third kappa shape index (κ3) is 2.79. The molecule has 0 heterocycles. The molecule has 1 aromatic carbocycles. The van der Waals surface area contributed by atoms with Gasteiger partial charge in [-0.15, -0.1) is 0 Å². The molecule has 0 aliphatic rings. The number of nitro benzene ring substituents is 1. The van der Waals surface area contributed by atoms with Gasteiger partial charge < -0.3 is 4.74 Å². The maximum absolute atomic E-state index is 11.4. The Balaban J connectivity index is 3.19. The number of carbonyl (C=O) groups excluding carboxylic acids is 1. The van der Waals surface area contributed by atoms with Crippen LogP contribution in [0.4, 0.5) is 5.69 Å². The zero-order chi connectivity index (χ0) is 12.3. The van der Waals surface area contributed by atoms with E-state index in [1.807, 2.05) is 0 Å². The van der Waals surface area contributed by atoms with Gasteiger partial charge >= 0.3 is 5.97 Å². The van der Waals surface area contributed by atoms with Crippen molar-refractivity contribution in [3.05, 3.63) is 36.8 Å². The average molecular weight is 353 g/mol. The first-order valence-electron chi connectivity index (χ1n) is 4.28. The normalized spacial score (nSPS) is 9.94. The quantitative estimate of drug-likeness (QED) is 0.475. The van der Waals surface area contributed by atoms with E-state index >= 15 is 0 Å². The first kappa shape index (κ1) is 13.1. The summed E-state index contributed by atoms with van der Waals surface area (Å²) in [6, 6.07) is 2.72. The molecule has 5 nitrogen and oxygen atoms in total.